The average molecular weight is 685 g/mol. The van der Waals surface area contributed by atoms with Gasteiger partial charge in [-0.25, -0.2) is 4.79 Å². The molecule has 0 radical (unpaired) electrons. The average Bonchev–Trinajstić information content (AvgIpc) is 3.27. The second kappa shape index (κ2) is 11.7. The van der Waals surface area contributed by atoms with Crippen LogP contribution in [-0.2, 0) is 24.0 Å². The van der Waals surface area contributed by atoms with Gasteiger partial charge in [0.05, 0.1) is 23.5 Å². The molecule has 6 rings (SSSR count). The van der Waals surface area contributed by atoms with Gasteiger partial charge in [-0.2, -0.15) is 0 Å². The molecule has 0 aromatic carbocycles. The highest BCUT2D eigenvalue weighted by Crippen LogP contribution is 2.75. The van der Waals surface area contributed by atoms with Gasteiger partial charge in [-0.05, 0) is 110 Å². The van der Waals surface area contributed by atoms with E-state index in [4.69, 9.17) is 21.8 Å². The lowest BCUT2D eigenvalue weighted by molar-refractivity contribution is -0.181. The number of fused-ring (bicyclic) bond motifs is 7. The van der Waals surface area contributed by atoms with Crippen LogP contribution >= 0.6 is 24.0 Å². The van der Waals surface area contributed by atoms with Crippen LogP contribution in [0.1, 0.15) is 126 Å². The first-order valence-corrected chi connectivity index (χ1v) is 19.3. The third-order valence-corrected chi connectivity index (χ3v) is 16.7. The van der Waals surface area contributed by atoms with Crippen molar-refractivity contribution >= 4 is 51.9 Å². The summed E-state index contributed by atoms with van der Waals surface area (Å²) in [5.74, 6) is 0.497. The van der Waals surface area contributed by atoms with Crippen molar-refractivity contribution in [1.82, 2.24) is 4.90 Å². The molecule has 47 heavy (non-hydrogen) atoms. The Labute approximate surface area is 291 Å². The van der Waals surface area contributed by atoms with E-state index in [1.807, 2.05) is 6.92 Å². The number of oxime groups is 1. The number of hydrogen-bond donors (Lipinski definition) is 0. The van der Waals surface area contributed by atoms with E-state index in [1.54, 1.807) is 12.7 Å². The minimum absolute atomic E-state index is 0.00391. The van der Waals surface area contributed by atoms with Gasteiger partial charge >= 0.3 is 11.9 Å². The van der Waals surface area contributed by atoms with Crippen LogP contribution in [0.15, 0.2) is 16.8 Å². The number of esters is 1. The number of carbonyl (C=O) groups excluding carboxylic acids is 3. The smallest absolute Gasteiger partial charge is 0.354 e. The molecule has 1 saturated heterocycles. The van der Waals surface area contributed by atoms with E-state index in [-0.39, 0.29) is 62.1 Å². The van der Waals surface area contributed by atoms with Gasteiger partial charge in [0.25, 0.3) is 0 Å². The number of carbonyl (C=O) groups is 3. The van der Waals surface area contributed by atoms with E-state index in [2.05, 4.69) is 59.7 Å². The van der Waals surface area contributed by atoms with Crippen molar-refractivity contribution in [3.05, 3.63) is 11.6 Å². The molecule has 5 fully saturated rings. The molecule has 1 amide bonds. The van der Waals surface area contributed by atoms with Crippen LogP contribution in [0.3, 0.4) is 0 Å². The predicted molar refractivity (Wildman–Crippen MR) is 191 cm³/mol. The molecule has 1 heterocycles. The van der Waals surface area contributed by atoms with Crippen LogP contribution < -0.4 is 0 Å². The Balaban J connectivity index is 1.25. The Bertz CT molecular complexity index is 1440. The minimum atomic E-state index is -0.546. The SMILES string of the molecule is CCC1SC(=S)N(CC(=O)O/N=C2\CC[C@]3(C)C(CC[C@@]4(C)C3CC=C3C5CC(C)(C)CC[C@@]5(C(=O)OC)CC[C@@]34C)C2(C)C)C1=O. The van der Waals surface area contributed by atoms with Gasteiger partial charge in [0.15, 0.2) is 0 Å². The molecular formula is C38H56N2O5S2. The number of ether oxygens (including phenoxy) is 1. The summed E-state index contributed by atoms with van der Waals surface area (Å²) in [4.78, 5) is 45.9. The maximum atomic E-state index is 13.5. The number of amides is 1. The Kier molecular flexibility index (Phi) is 8.71. The third kappa shape index (κ3) is 5.12. The van der Waals surface area contributed by atoms with Crippen LogP contribution in [-0.4, -0.2) is 51.7 Å². The molecule has 6 aliphatic rings. The van der Waals surface area contributed by atoms with Crippen LogP contribution in [0, 0.1) is 50.2 Å². The highest BCUT2D eigenvalue weighted by Gasteiger charge is 2.69. The van der Waals surface area contributed by atoms with Crippen molar-refractivity contribution in [1.29, 1.82) is 0 Å². The second-order valence-corrected chi connectivity index (χ2v) is 19.6. The normalized spacial score (nSPS) is 42.9. The molecule has 8 atom stereocenters. The molecule has 260 valence electrons. The van der Waals surface area contributed by atoms with E-state index in [1.165, 1.54) is 16.7 Å². The van der Waals surface area contributed by atoms with Gasteiger partial charge in [0, 0.05) is 5.41 Å². The molecule has 5 aliphatic carbocycles. The standard InChI is InChI=1S/C38H56N2O5S2/c1-10-25-30(42)40(32(46)47-25)22-29(41)45-39-28-14-15-35(6)26(34(28,4)5)13-16-37(8)27(35)12-11-23-24-21-33(2,3)17-19-38(24,31(43)44-9)20-18-36(23,37)7/h11,24-27H,10,12-22H2,1-9H3/b39-28+/t24?,25?,26?,27?,35-,36+,37+,38-/m1/s1. The second-order valence-electron chi connectivity index (χ2n) is 17.8. The van der Waals surface area contributed by atoms with E-state index < -0.39 is 5.97 Å². The maximum Gasteiger partial charge on any atom is 0.354 e. The molecule has 0 spiro atoms. The fraction of sp³-hybridized carbons (Fsp3) is 0.816. The summed E-state index contributed by atoms with van der Waals surface area (Å²) in [5.41, 5.74) is 2.34. The number of rotatable bonds is 5. The summed E-state index contributed by atoms with van der Waals surface area (Å²) >= 11 is 6.70. The summed E-state index contributed by atoms with van der Waals surface area (Å²) < 4.78 is 5.97. The van der Waals surface area contributed by atoms with Crippen molar-refractivity contribution in [2.24, 2.45) is 55.4 Å². The zero-order valence-electron chi connectivity index (χ0n) is 30.1. The molecule has 1 aliphatic heterocycles. The summed E-state index contributed by atoms with van der Waals surface area (Å²) in [6.45, 7) is 18.7. The first-order valence-electron chi connectivity index (χ1n) is 18.0. The summed E-state index contributed by atoms with van der Waals surface area (Å²) in [7, 11) is 1.57. The lowest BCUT2D eigenvalue weighted by atomic mass is 9.33. The topological polar surface area (TPSA) is 85.3 Å². The number of nitrogens with zero attached hydrogens (tertiary/aromatic N) is 2. The molecule has 9 heteroatoms. The zero-order chi connectivity index (χ0) is 34.4. The molecule has 4 unspecified atom stereocenters. The van der Waals surface area contributed by atoms with Gasteiger partial charge in [-0.1, -0.05) is 96.2 Å². The Hall–Kier alpha value is -1.74. The molecular weight excluding hydrogens is 629 g/mol. The van der Waals surface area contributed by atoms with Crippen LogP contribution in [0.2, 0.25) is 0 Å². The van der Waals surface area contributed by atoms with Crippen molar-refractivity contribution < 1.29 is 24.0 Å². The third-order valence-electron chi connectivity index (χ3n) is 14.9. The van der Waals surface area contributed by atoms with Crippen molar-refractivity contribution in [2.75, 3.05) is 13.7 Å². The fourth-order valence-corrected chi connectivity index (χ4v) is 13.4. The number of methoxy groups -OCH3 is 1. The quantitative estimate of drug-likeness (QED) is 0.0944. The number of thiocarbonyl (C=S) groups is 1. The highest BCUT2D eigenvalue weighted by molar-refractivity contribution is 8.24. The molecule has 7 nitrogen and oxygen atoms in total. The number of thioether (sulfide) groups is 1. The Morgan fingerprint density at radius 2 is 1.72 bits per heavy atom. The van der Waals surface area contributed by atoms with Gasteiger partial charge in [0.2, 0.25) is 5.91 Å². The highest BCUT2D eigenvalue weighted by atomic mass is 32.2. The lowest BCUT2D eigenvalue weighted by Gasteiger charge is -2.70. The molecule has 0 aromatic heterocycles. The van der Waals surface area contributed by atoms with E-state index >= 15 is 0 Å². The fourth-order valence-electron chi connectivity index (χ4n) is 12.0. The molecule has 0 aromatic rings. The summed E-state index contributed by atoms with van der Waals surface area (Å²) in [6.07, 6.45) is 13.3. The Morgan fingerprint density at radius 1 is 1.02 bits per heavy atom. The molecule has 0 bridgehead atoms. The summed E-state index contributed by atoms with van der Waals surface area (Å²) in [6, 6.07) is 0. The monoisotopic (exact) mass is 684 g/mol. The van der Waals surface area contributed by atoms with Gasteiger partial charge in [-0.3, -0.25) is 14.5 Å². The first kappa shape index (κ1) is 35.1. The Morgan fingerprint density at radius 3 is 2.38 bits per heavy atom. The number of hydrogen-bond acceptors (Lipinski definition) is 8. The van der Waals surface area contributed by atoms with Gasteiger partial charge < -0.3 is 9.57 Å². The largest absolute Gasteiger partial charge is 0.469 e. The van der Waals surface area contributed by atoms with Crippen molar-refractivity contribution in [3.63, 3.8) is 0 Å². The summed E-state index contributed by atoms with van der Waals surface area (Å²) in [5, 5.41) is 4.28. The van der Waals surface area contributed by atoms with Crippen LogP contribution in [0.25, 0.3) is 0 Å². The van der Waals surface area contributed by atoms with Crippen molar-refractivity contribution in [2.45, 2.75) is 131 Å². The molecule has 0 N–H and O–H groups in total. The number of allylic oxidation sites excluding steroid dienone is 2. The predicted octanol–water partition coefficient (Wildman–Crippen LogP) is 8.50. The maximum absolute atomic E-state index is 13.5. The first-order chi connectivity index (χ1) is 21.9. The van der Waals surface area contributed by atoms with Crippen LogP contribution in [0.5, 0.6) is 0 Å². The van der Waals surface area contributed by atoms with Gasteiger partial charge in [0.1, 0.15) is 10.9 Å². The van der Waals surface area contributed by atoms with E-state index in [0.717, 1.165) is 69.9 Å². The van der Waals surface area contributed by atoms with E-state index in [0.29, 0.717) is 22.6 Å². The van der Waals surface area contributed by atoms with Gasteiger partial charge in [-0.15, -0.1) is 0 Å². The van der Waals surface area contributed by atoms with E-state index in [9.17, 15) is 14.4 Å². The minimum Gasteiger partial charge on any atom is -0.469 e. The zero-order valence-corrected chi connectivity index (χ0v) is 31.8. The van der Waals surface area contributed by atoms with Crippen molar-refractivity contribution in [3.8, 4) is 0 Å². The molecule has 4 saturated carbocycles. The lowest BCUT2D eigenvalue weighted by Crippen LogP contribution is -2.64. The van der Waals surface area contributed by atoms with Crippen LogP contribution in [0.4, 0.5) is 0 Å².